The summed E-state index contributed by atoms with van der Waals surface area (Å²) in [5.41, 5.74) is 5.27. The highest BCUT2D eigenvalue weighted by Crippen LogP contribution is 2.47. The maximum absolute atomic E-state index is 5.53. The van der Waals surface area contributed by atoms with Crippen LogP contribution in [0.1, 0.15) is 18.7 Å². The van der Waals surface area contributed by atoms with Crippen LogP contribution in [-0.4, -0.2) is 15.2 Å². The van der Waals surface area contributed by atoms with E-state index in [-0.39, 0.29) is 5.41 Å². The Morgan fingerprint density at radius 1 is 1.73 bits per heavy atom. The van der Waals surface area contributed by atoms with Crippen LogP contribution in [0.4, 0.5) is 0 Å². The first-order valence-corrected chi connectivity index (χ1v) is 3.73. The van der Waals surface area contributed by atoms with Crippen LogP contribution in [0.2, 0.25) is 0 Å². The molecule has 1 saturated carbocycles. The van der Waals surface area contributed by atoms with Crippen LogP contribution >= 0.6 is 12.2 Å². The second-order valence-corrected chi connectivity index (χ2v) is 3.13. The van der Waals surface area contributed by atoms with Crippen LogP contribution in [0, 0.1) is 0 Å². The summed E-state index contributed by atoms with van der Waals surface area (Å²) in [6.07, 6.45) is 3.17. The van der Waals surface area contributed by atoms with Crippen molar-refractivity contribution in [3.05, 3.63) is 12.3 Å². The molecule has 2 N–H and O–H groups in total. The smallest absolute Gasteiger partial charge is 0.229 e. The standard InChI is InChI=1S/C6H7N3OS/c7-4(11)6(1-2-6)5-9-8-3-10-5/h3H,1-2H2,(H2,7,11). The van der Waals surface area contributed by atoms with Gasteiger partial charge in [-0.2, -0.15) is 0 Å². The predicted molar refractivity (Wildman–Crippen MR) is 42.0 cm³/mol. The number of aromatic nitrogens is 2. The molecule has 0 aliphatic heterocycles. The van der Waals surface area contributed by atoms with E-state index in [1.54, 1.807) is 0 Å². The van der Waals surface area contributed by atoms with E-state index in [0.717, 1.165) is 12.8 Å². The fourth-order valence-electron chi connectivity index (χ4n) is 1.07. The van der Waals surface area contributed by atoms with Gasteiger partial charge in [-0.05, 0) is 12.8 Å². The molecular weight excluding hydrogens is 162 g/mol. The van der Waals surface area contributed by atoms with Gasteiger partial charge in [0.15, 0.2) is 0 Å². The second kappa shape index (κ2) is 2.01. The average Bonchev–Trinajstić information content (AvgIpc) is 2.61. The molecule has 0 saturated heterocycles. The maximum Gasteiger partial charge on any atom is 0.229 e. The Morgan fingerprint density at radius 3 is 2.82 bits per heavy atom. The number of nitrogens with two attached hydrogens (primary N) is 1. The minimum absolute atomic E-state index is 0.258. The molecule has 0 radical (unpaired) electrons. The summed E-state index contributed by atoms with van der Waals surface area (Å²) in [5, 5.41) is 7.37. The van der Waals surface area contributed by atoms with Crippen LogP contribution < -0.4 is 5.73 Å². The van der Waals surface area contributed by atoms with Crippen molar-refractivity contribution in [1.82, 2.24) is 10.2 Å². The lowest BCUT2D eigenvalue weighted by Gasteiger charge is -2.05. The first-order valence-electron chi connectivity index (χ1n) is 3.32. The van der Waals surface area contributed by atoms with Crippen LogP contribution in [0.5, 0.6) is 0 Å². The molecule has 0 amide bonds. The summed E-state index contributed by atoms with van der Waals surface area (Å²) in [6.45, 7) is 0. The molecule has 11 heavy (non-hydrogen) atoms. The van der Waals surface area contributed by atoms with Crippen LogP contribution in [-0.2, 0) is 5.41 Å². The number of thiocarbonyl (C=S) groups is 1. The zero-order chi connectivity index (χ0) is 7.90. The molecular formula is C6H7N3OS. The normalized spacial score (nSPS) is 19.6. The van der Waals surface area contributed by atoms with Crippen molar-refractivity contribution in [2.45, 2.75) is 18.3 Å². The third kappa shape index (κ3) is 0.841. The van der Waals surface area contributed by atoms with Crippen LogP contribution in [0.3, 0.4) is 0 Å². The molecule has 5 heteroatoms. The molecule has 1 aromatic rings. The number of rotatable bonds is 2. The van der Waals surface area contributed by atoms with Gasteiger partial charge in [0.1, 0.15) is 0 Å². The van der Waals surface area contributed by atoms with Gasteiger partial charge in [-0.3, -0.25) is 0 Å². The van der Waals surface area contributed by atoms with Crippen LogP contribution in [0.15, 0.2) is 10.8 Å². The Labute approximate surface area is 68.8 Å². The SMILES string of the molecule is NC(=S)C1(c2nnco2)CC1. The van der Waals surface area contributed by atoms with E-state index in [1.165, 1.54) is 6.39 Å². The Bertz CT molecular complexity index is 278. The highest BCUT2D eigenvalue weighted by Gasteiger charge is 2.51. The van der Waals surface area contributed by atoms with Gasteiger partial charge < -0.3 is 10.2 Å². The zero-order valence-corrected chi connectivity index (χ0v) is 6.60. The van der Waals surface area contributed by atoms with E-state index in [1.807, 2.05) is 0 Å². The minimum Gasteiger partial charge on any atom is -0.427 e. The summed E-state index contributed by atoms with van der Waals surface area (Å²) >= 11 is 4.89. The highest BCUT2D eigenvalue weighted by molar-refractivity contribution is 7.80. The Morgan fingerprint density at radius 2 is 2.45 bits per heavy atom. The molecule has 0 spiro atoms. The topological polar surface area (TPSA) is 64.9 Å². The fraction of sp³-hybridized carbons (Fsp3) is 0.500. The first kappa shape index (κ1) is 6.72. The largest absolute Gasteiger partial charge is 0.427 e. The quantitative estimate of drug-likeness (QED) is 0.649. The Balaban J connectivity index is 2.36. The van der Waals surface area contributed by atoms with Gasteiger partial charge in [-0.15, -0.1) is 10.2 Å². The molecule has 1 aliphatic carbocycles. The summed E-state index contributed by atoms with van der Waals surface area (Å²) in [7, 11) is 0. The maximum atomic E-state index is 5.53. The van der Waals surface area contributed by atoms with E-state index in [2.05, 4.69) is 10.2 Å². The zero-order valence-electron chi connectivity index (χ0n) is 5.78. The number of hydrogen-bond acceptors (Lipinski definition) is 4. The lowest BCUT2D eigenvalue weighted by molar-refractivity contribution is 0.476. The minimum atomic E-state index is -0.258. The average molecular weight is 169 g/mol. The molecule has 0 unspecified atom stereocenters. The van der Waals surface area contributed by atoms with E-state index in [0.29, 0.717) is 10.9 Å². The third-order valence-corrected chi connectivity index (χ3v) is 2.38. The molecule has 0 bridgehead atoms. The lowest BCUT2D eigenvalue weighted by Crippen LogP contribution is -2.26. The molecule has 4 nitrogen and oxygen atoms in total. The van der Waals surface area contributed by atoms with Crippen molar-refractivity contribution < 1.29 is 4.42 Å². The Hall–Kier alpha value is -0.970. The second-order valence-electron chi connectivity index (χ2n) is 2.69. The first-order chi connectivity index (χ1) is 5.26. The van der Waals surface area contributed by atoms with Crippen LogP contribution in [0.25, 0.3) is 0 Å². The van der Waals surface area contributed by atoms with E-state index in [4.69, 9.17) is 22.4 Å². The fourth-order valence-corrected chi connectivity index (χ4v) is 1.36. The van der Waals surface area contributed by atoms with Crippen molar-refractivity contribution in [2.24, 2.45) is 5.73 Å². The van der Waals surface area contributed by atoms with Crippen molar-refractivity contribution in [3.8, 4) is 0 Å². The van der Waals surface area contributed by atoms with Crippen molar-refractivity contribution in [1.29, 1.82) is 0 Å². The van der Waals surface area contributed by atoms with E-state index in [9.17, 15) is 0 Å². The van der Waals surface area contributed by atoms with Crippen molar-refractivity contribution in [2.75, 3.05) is 0 Å². The predicted octanol–water partition coefficient (Wildman–Crippen LogP) is 0.387. The Kier molecular flexibility index (Phi) is 1.23. The van der Waals surface area contributed by atoms with E-state index >= 15 is 0 Å². The van der Waals surface area contributed by atoms with Gasteiger partial charge >= 0.3 is 0 Å². The van der Waals surface area contributed by atoms with Gasteiger partial charge in [0.05, 0.1) is 10.4 Å². The van der Waals surface area contributed by atoms with Gasteiger partial charge in [0.2, 0.25) is 12.3 Å². The molecule has 1 heterocycles. The van der Waals surface area contributed by atoms with Gasteiger partial charge in [-0.25, -0.2) is 0 Å². The van der Waals surface area contributed by atoms with Gasteiger partial charge in [0.25, 0.3) is 0 Å². The molecule has 1 fully saturated rings. The molecule has 1 aromatic heterocycles. The summed E-state index contributed by atoms with van der Waals surface area (Å²) in [6, 6.07) is 0. The monoisotopic (exact) mass is 169 g/mol. The van der Waals surface area contributed by atoms with Gasteiger partial charge in [0, 0.05) is 0 Å². The highest BCUT2D eigenvalue weighted by atomic mass is 32.1. The van der Waals surface area contributed by atoms with E-state index < -0.39 is 0 Å². The molecule has 2 rings (SSSR count). The van der Waals surface area contributed by atoms with Crippen molar-refractivity contribution in [3.63, 3.8) is 0 Å². The number of nitrogens with zero attached hydrogens (tertiary/aromatic N) is 2. The summed E-state index contributed by atoms with van der Waals surface area (Å²) in [5.74, 6) is 0.560. The molecule has 1 aliphatic rings. The third-order valence-electron chi connectivity index (χ3n) is 1.99. The summed E-state index contributed by atoms with van der Waals surface area (Å²) < 4.78 is 5.03. The molecule has 0 aromatic carbocycles. The lowest BCUT2D eigenvalue weighted by atomic mass is 10.1. The van der Waals surface area contributed by atoms with Crippen molar-refractivity contribution >= 4 is 17.2 Å². The molecule has 58 valence electrons. The summed E-state index contributed by atoms with van der Waals surface area (Å²) in [4.78, 5) is 0.460. The van der Waals surface area contributed by atoms with Gasteiger partial charge in [-0.1, -0.05) is 12.2 Å². The number of hydrogen-bond donors (Lipinski definition) is 1. The molecule has 0 atom stereocenters.